The summed E-state index contributed by atoms with van der Waals surface area (Å²) in [5.74, 6) is 1.29. The lowest BCUT2D eigenvalue weighted by molar-refractivity contribution is 0.729. The number of hydrogen-bond acceptors (Lipinski definition) is 2. The molecule has 0 aromatic carbocycles. The zero-order chi connectivity index (χ0) is 8.84. The monoisotopic (exact) mass is 177 g/mol. The van der Waals surface area contributed by atoms with Crippen molar-refractivity contribution in [1.82, 2.24) is 9.78 Å². The Morgan fingerprint density at radius 3 is 3.00 bits per heavy atom. The van der Waals surface area contributed by atoms with Crippen molar-refractivity contribution >= 4 is 5.82 Å². The van der Waals surface area contributed by atoms with Crippen molar-refractivity contribution in [2.45, 2.75) is 38.1 Å². The molecule has 1 heterocycles. The van der Waals surface area contributed by atoms with Crippen LogP contribution in [0.5, 0.6) is 0 Å². The number of aromatic nitrogens is 2. The van der Waals surface area contributed by atoms with Crippen LogP contribution in [0.3, 0.4) is 0 Å². The minimum atomic E-state index is 0.736. The Balaban J connectivity index is 1.96. The largest absolute Gasteiger partial charge is 0.367 e. The zero-order valence-corrected chi connectivity index (χ0v) is 8.01. The third kappa shape index (κ3) is 1.14. The van der Waals surface area contributed by atoms with Gasteiger partial charge in [0.25, 0.3) is 0 Å². The Bertz CT molecular complexity index is 336. The molecule has 3 nitrogen and oxygen atoms in total. The Labute approximate surface area is 78.1 Å². The van der Waals surface area contributed by atoms with E-state index in [9.17, 15) is 0 Å². The van der Waals surface area contributed by atoms with E-state index in [2.05, 4.69) is 10.4 Å². The summed E-state index contributed by atoms with van der Waals surface area (Å²) < 4.78 is 2.02. The van der Waals surface area contributed by atoms with Gasteiger partial charge in [0.15, 0.2) is 0 Å². The minimum Gasteiger partial charge on any atom is -0.367 e. The Morgan fingerprint density at radius 2 is 2.23 bits per heavy atom. The van der Waals surface area contributed by atoms with Crippen LogP contribution in [0, 0.1) is 0 Å². The molecule has 3 rings (SSSR count). The Morgan fingerprint density at radius 1 is 1.38 bits per heavy atom. The van der Waals surface area contributed by atoms with E-state index in [1.165, 1.54) is 49.2 Å². The van der Waals surface area contributed by atoms with E-state index in [4.69, 9.17) is 0 Å². The first kappa shape index (κ1) is 7.42. The number of aryl methyl sites for hydroxylation is 2. The molecule has 0 bridgehead atoms. The highest BCUT2D eigenvalue weighted by Gasteiger charge is 2.26. The van der Waals surface area contributed by atoms with Crippen LogP contribution in [0.25, 0.3) is 0 Å². The molecule has 2 aliphatic carbocycles. The number of rotatable bonds is 2. The van der Waals surface area contributed by atoms with Crippen molar-refractivity contribution in [3.63, 3.8) is 0 Å². The molecule has 1 fully saturated rings. The first-order chi connectivity index (χ1) is 6.34. The maximum Gasteiger partial charge on any atom is 0.127 e. The lowest BCUT2D eigenvalue weighted by Gasteiger charge is -2.06. The smallest absolute Gasteiger partial charge is 0.127 e. The summed E-state index contributed by atoms with van der Waals surface area (Å²) in [5.41, 5.74) is 2.81. The molecule has 70 valence electrons. The molecule has 0 amide bonds. The van der Waals surface area contributed by atoms with E-state index in [0.717, 1.165) is 6.04 Å². The summed E-state index contributed by atoms with van der Waals surface area (Å²) in [6.07, 6.45) is 6.35. The molecule has 0 atom stereocenters. The van der Waals surface area contributed by atoms with Crippen LogP contribution in [0.15, 0.2) is 0 Å². The van der Waals surface area contributed by atoms with Crippen molar-refractivity contribution in [2.75, 3.05) is 5.32 Å². The molecule has 0 spiro atoms. The third-order valence-electron chi connectivity index (χ3n) is 2.99. The van der Waals surface area contributed by atoms with Crippen LogP contribution in [0.4, 0.5) is 5.82 Å². The summed E-state index contributed by atoms with van der Waals surface area (Å²) in [6, 6.07) is 0.736. The first-order valence-corrected chi connectivity index (χ1v) is 5.16. The number of hydrogen-bond donors (Lipinski definition) is 1. The standard InChI is InChI=1S/C10H15N3/c1-13-10(11-7-5-6-7)8-3-2-4-9(8)12-13/h7,11H,2-6H2,1H3. The van der Waals surface area contributed by atoms with Crippen LogP contribution >= 0.6 is 0 Å². The fourth-order valence-corrected chi connectivity index (χ4v) is 2.12. The molecule has 2 aliphatic rings. The molecule has 1 aromatic rings. The molecule has 13 heavy (non-hydrogen) atoms. The third-order valence-corrected chi connectivity index (χ3v) is 2.99. The fraction of sp³-hybridized carbons (Fsp3) is 0.700. The molecule has 3 heteroatoms. The van der Waals surface area contributed by atoms with E-state index in [-0.39, 0.29) is 0 Å². The van der Waals surface area contributed by atoms with Gasteiger partial charge in [0.05, 0.1) is 5.69 Å². The summed E-state index contributed by atoms with van der Waals surface area (Å²) in [7, 11) is 2.04. The molecule has 1 aromatic heterocycles. The first-order valence-electron chi connectivity index (χ1n) is 5.16. The second-order valence-electron chi connectivity index (χ2n) is 4.17. The van der Waals surface area contributed by atoms with Gasteiger partial charge >= 0.3 is 0 Å². The van der Waals surface area contributed by atoms with Crippen LogP contribution in [0.2, 0.25) is 0 Å². The molecule has 1 N–H and O–H groups in total. The van der Waals surface area contributed by atoms with E-state index in [1.807, 2.05) is 11.7 Å². The van der Waals surface area contributed by atoms with Gasteiger partial charge in [0.2, 0.25) is 0 Å². The van der Waals surface area contributed by atoms with Crippen LogP contribution in [-0.4, -0.2) is 15.8 Å². The highest BCUT2D eigenvalue weighted by atomic mass is 15.3. The van der Waals surface area contributed by atoms with Gasteiger partial charge in [0.1, 0.15) is 5.82 Å². The number of fused-ring (bicyclic) bond motifs is 1. The van der Waals surface area contributed by atoms with Crippen molar-refractivity contribution in [3.8, 4) is 0 Å². The molecule has 0 aliphatic heterocycles. The van der Waals surface area contributed by atoms with Gasteiger partial charge in [-0.3, -0.25) is 4.68 Å². The molecule has 0 saturated heterocycles. The summed E-state index contributed by atoms with van der Waals surface area (Å²) in [6.45, 7) is 0. The summed E-state index contributed by atoms with van der Waals surface area (Å²) in [5, 5.41) is 8.09. The molecular formula is C10H15N3. The van der Waals surface area contributed by atoms with Crippen LogP contribution in [-0.2, 0) is 19.9 Å². The minimum absolute atomic E-state index is 0.736. The van der Waals surface area contributed by atoms with Crippen molar-refractivity contribution in [3.05, 3.63) is 11.3 Å². The average Bonchev–Trinajstić information content (AvgIpc) is 2.74. The van der Waals surface area contributed by atoms with Crippen LogP contribution in [0.1, 0.15) is 30.5 Å². The predicted molar refractivity (Wildman–Crippen MR) is 51.9 cm³/mol. The lowest BCUT2D eigenvalue weighted by Crippen LogP contribution is -2.08. The number of nitrogens with one attached hydrogen (secondary N) is 1. The van der Waals surface area contributed by atoms with E-state index in [1.54, 1.807) is 0 Å². The highest BCUT2D eigenvalue weighted by molar-refractivity contribution is 5.51. The topological polar surface area (TPSA) is 29.9 Å². The Hall–Kier alpha value is -0.990. The lowest BCUT2D eigenvalue weighted by atomic mass is 10.2. The van der Waals surface area contributed by atoms with E-state index < -0.39 is 0 Å². The SMILES string of the molecule is Cn1nc2c(c1NC1CC1)CCC2. The second-order valence-corrected chi connectivity index (χ2v) is 4.17. The maximum atomic E-state index is 4.53. The molecule has 0 unspecified atom stereocenters. The average molecular weight is 177 g/mol. The van der Waals surface area contributed by atoms with Crippen molar-refractivity contribution in [2.24, 2.45) is 7.05 Å². The van der Waals surface area contributed by atoms with Crippen LogP contribution < -0.4 is 5.32 Å². The van der Waals surface area contributed by atoms with Gasteiger partial charge in [-0.25, -0.2) is 0 Å². The second kappa shape index (κ2) is 2.50. The quantitative estimate of drug-likeness (QED) is 0.741. The van der Waals surface area contributed by atoms with Gasteiger partial charge in [-0.1, -0.05) is 0 Å². The predicted octanol–water partition coefficient (Wildman–Crippen LogP) is 1.48. The molecular weight excluding hydrogens is 162 g/mol. The van der Waals surface area contributed by atoms with E-state index >= 15 is 0 Å². The zero-order valence-electron chi connectivity index (χ0n) is 8.01. The normalized spacial score (nSPS) is 20.4. The van der Waals surface area contributed by atoms with E-state index in [0.29, 0.717) is 0 Å². The summed E-state index contributed by atoms with van der Waals surface area (Å²) in [4.78, 5) is 0. The van der Waals surface area contributed by atoms with Gasteiger partial charge in [-0.15, -0.1) is 0 Å². The van der Waals surface area contributed by atoms with Crippen molar-refractivity contribution in [1.29, 1.82) is 0 Å². The number of anilines is 1. The van der Waals surface area contributed by atoms with Gasteiger partial charge < -0.3 is 5.32 Å². The molecule has 0 radical (unpaired) electrons. The maximum absolute atomic E-state index is 4.53. The fourth-order valence-electron chi connectivity index (χ4n) is 2.12. The molecule has 1 saturated carbocycles. The highest BCUT2D eigenvalue weighted by Crippen LogP contribution is 2.32. The van der Waals surface area contributed by atoms with Gasteiger partial charge in [-0.2, -0.15) is 5.10 Å². The summed E-state index contributed by atoms with van der Waals surface area (Å²) >= 11 is 0. The Kier molecular flexibility index (Phi) is 1.43. The van der Waals surface area contributed by atoms with Gasteiger partial charge in [-0.05, 0) is 32.1 Å². The van der Waals surface area contributed by atoms with Gasteiger partial charge in [0, 0.05) is 18.7 Å². The number of nitrogens with zero attached hydrogens (tertiary/aromatic N) is 2. The van der Waals surface area contributed by atoms with Crippen molar-refractivity contribution < 1.29 is 0 Å².